The highest BCUT2D eigenvalue weighted by Crippen LogP contribution is 2.25. The molecule has 0 bridgehead atoms. The van der Waals surface area contributed by atoms with Crippen LogP contribution in [0.4, 0.5) is 0 Å². The number of hydrogen-bond donors (Lipinski definition) is 1. The van der Waals surface area contributed by atoms with Gasteiger partial charge in [-0.25, -0.2) is 13.2 Å². The molecule has 1 fully saturated rings. The average molecular weight is 313 g/mol. The molecule has 1 heterocycles. The number of carbonyl (C=O) groups is 1. The van der Waals surface area contributed by atoms with Gasteiger partial charge in [-0.15, -0.1) is 0 Å². The molecular weight excluding hydrogens is 294 g/mol. The van der Waals surface area contributed by atoms with E-state index in [-0.39, 0.29) is 23.0 Å². The highest BCUT2D eigenvalue weighted by molar-refractivity contribution is 7.89. The Morgan fingerprint density at radius 2 is 1.95 bits per heavy atom. The molecule has 0 radical (unpaired) electrons. The Morgan fingerprint density at radius 1 is 1.33 bits per heavy atom. The van der Waals surface area contributed by atoms with Crippen LogP contribution in [-0.2, 0) is 14.8 Å². The average Bonchev–Trinajstić information content (AvgIpc) is 2.54. The van der Waals surface area contributed by atoms with Crippen molar-refractivity contribution in [3.63, 3.8) is 0 Å². The second-order valence-electron chi connectivity index (χ2n) is 5.02. The van der Waals surface area contributed by atoms with Crippen molar-refractivity contribution in [2.24, 2.45) is 5.92 Å². The quantitative estimate of drug-likeness (QED) is 0.834. The first-order valence-electron chi connectivity index (χ1n) is 6.79. The molecule has 6 nitrogen and oxygen atoms in total. The molecule has 21 heavy (non-hydrogen) atoms. The Morgan fingerprint density at radius 3 is 2.52 bits per heavy atom. The molecule has 1 aromatic carbocycles. The van der Waals surface area contributed by atoms with Crippen LogP contribution in [0.1, 0.15) is 23.2 Å². The van der Waals surface area contributed by atoms with Crippen LogP contribution in [-0.4, -0.2) is 50.6 Å². The van der Waals surface area contributed by atoms with E-state index in [0.717, 1.165) is 0 Å². The molecule has 0 aromatic heterocycles. The van der Waals surface area contributed by atoms with Gasteiger partial charge in [0, 0.05) is 19.7 Å². The van der Waals surface area contributed by atoms with Gasteiger partial charge in [-0.3, -0.25) is 0 Å². The van der Waals surface area contributed by atoms with Gasteiger partial charge in [0.25, 0.3) is 0 Å². The largest absolute Gasteiger partial charge is 0.465 e. The predicted octanol–water partition coefficient (Wildman–Crippen LogP) is 0.866. The number of piperidine rings is 1. The second kappa shape index (κ2) is 6.55. The van der Waals surface area contributed by atoms with Gasteiger partial charge in [0.05, 0.1) is 17.6 Å². The summed E-state index contributed by atoms with van der Waals surface area (Å²) in [6.45, 7) is 0.777. The zero-order chi connectivity index (χ0) is 15.5. The van der Waals surface area contributed by atoms with Crippen molar-refractivity contribution in [2.75, 3.05) is 26.8 Å². The third-order valence-corrected chi connectivity index (χ3v) is 5.70. The monoisotopic (exact) mass is 313 g/mol. The van der Waals surface area contributed by atoms with Crippen molar-refractivity contribution >= 4 is 16.0 Å². The molecule has 0 saturated carbocycles. The van der Waals surface area contributed by atoms with Crippen LogP contribution in [0.5, 0.6) is 0 Å². The number of ether oxygens (including phenoxy) is 1. The Labute approximate surface area is 124 Å². The smallest absolute Gasteiger partial charge is 0.339 e. The van der Waals surface area contributed by atoms with E-state index in [0.29, 0.717) is 25.9 Å². The zero-order valence-electron chi connectivity index (χ0n) is 11.9. The van der Waals surface area contributed by atoms with Crippen molar-refractivity contribution in [1.82, 2.24) is 4.31 Å². The number of aliphatic hydroxyl groups excluding tert-OH is 1. The van der Waals surface area contributed by atoms with Gasteiger partial charge in [-0.2, -0.15) is 4.31 Å². The van der Waals surface area contributed by atoms with Crippen molar-refractivity contribution < 1.29 is 23.1 Å². The zero-order valence-corrected chi connectivity index (χ0v) is 12.7. The maximum absolute atomic E-state index is 12.7. The fraction of sp³-hybridized carbons (Fsp3) is 0.500. The van der Waals surface area contributed by atoms with Crippen LogP contribution < -0.4 is 0 Å². The molecule has 1 aromatic rings. The van der Waals surface area contributed by atoms with Crippen molar-refractivity contribution in [1.29, 1.82) is 0 Å². The van der Waals surface area contributed by atoms with Gasteiger partial charge in [0.2, 0.25) is 10.0 Å². The highest BCUT2D eigenvalue weighted by Gasteiger charge is 2.32. The summed E-state index contributed by atoms with van der Waals surface area (Å²) in [5, 5.41) is 9.12. The number of esters is 1. The molecule has 0 atom stereocenters. The van der Waals surface area contributed by atoms with Gasteiger partial charge in [0.1, 0.15) is 0 Å². The van der Waals surface area contributed by atoms with Crippen molar-refractivity contribution in [3.05, 3.63) is 29.8 Å². The van der Waals surface area contributed by atoms with E-state index in [1.54, 1.807) is 12.1 Å². The number of nitrogens with zero attached hydrogens (tertiary/aromatic N) is 1. The molecular formula is C14H19NO5S. The molecule has 1 N–H and O–H groups in total. The second-order valence-corrected chi connectivity index (χ2v) is 6.92. The van der Waals surface area contributed by atoms with Crippen molar-refractivity contribution in [2.45, 2.75) is 17.7 Å². The number of hydrogen-bond acceptors (Lipinski definition) is 5. The molecule has 1 saturated heterocycles. The molecule has 1 aliphatic heterocycles. The lowest BCUT2D eigenvalue weighted by molar-refractivity contribution is 0.0596. The van der Waals surface area contributed by atoms with E-state index in [9.17, 15) is 13.2 Å². The van der Waals surface area contributed by atoms with Crippen LogP contribution in [0.25, 0.3) is 0 Å². The third kappa shape index (κ3) is 3.25. The van der Waals surface area contributed by atoms with Crippen LogP contribution in [0.2, 0.25) is 0 Å². The van der Waals surface area contributed by atoms with Crippen LogP contribution in [0.15, 0.2) is 29.2 Å². The first kappa shape index (κ1) is 15.9. The summed E-state index contributed by atoms with van der Waals surface area (Å²) in [6.07, 6.45) is 1.24. The van der Waals surface area contributed by atoms with Gasteiger partial charge in [0.15, 0.2) is 0 Å². The predicted molar refractivity (Wildman–Crippen MR) is 76.4 cm³/mol. The Balaban J connectivity index is 2.31. The van der Waals surface area contributed by atoms with Crippen molar-refractivity contribution in [3.8, 4) is 0 Å². The number of benzene rings is 1. The molecule has 1 aliphatic rings. The van der Waals surface area contributed by atoms with E-state index < -0.39 is 16.0 Å². The summed E-state index contributed by atoms with van der Waals surface area (Å²) < 4.78 is 31.4. The number of sulfonamides is 1. The summed E-state index contributed by atoms with van der Waals surface area (Å²) in [6, 6.07) is 6.04. The van der Waals surface area contributed by atoms with Gasteiger partial charge < -0.3 is 9.84 Å². The maximum Gasteiger partial charge on any atom is 0.339 e. The van der Waals surface area contributed by atoms with E-state index in [2.05, 4.69) is 4.74 Å². The minimum absolute atomic E-state index is 0.0284. The fourth-order valence-electron chi connectivity index (χ4n) is 2.44. The molecule has 2 rings (SSSR count). The number of aliphatic hydroxyl groups is 1. The molecule has 0 unspecified atom stereocenters. The number of methoxy groups -OCH3 is 1. The topological polar surface area (TPSA) is 83.9 Å². The lowest BCUT2D eigenvalue weighted by Gasteiger charge is -2.30. The Kier molecular flexibility index (Phi) is 4.97. The molecule has 0 aliphatic carbocycles. The lowest BCUT2D eigenvalue weighted by Crippen LogP contribution is -2.39. The minimum Gasteiger partial charge on any atom is -0.465 e. The summed E-state index contributed by atoms with van der Waals surface area (Å²) in [5.41, 5.74) is 0.0456. The summed E-state index contributed by atoms with van der Waals surface area (Å²) in [4.78, 5) is 11.7. The Hall–Kier alpha value is -1.44. The minimum atomic E-state index is -3.73. The molecule has 0 amide bonds. The summed E-state index contributed by atoms with van der Waals surface area (Å²) in [5.74, 6) is -0.522. The van der Waals surface area contributed by atoms with Crippen LogP contribution in [0.3, 0.4) is 0 Å². The van der Waals surface area contributed by atoms with Crippen LogP contribution in [0, 0.1) is 5.92 Å². The first-order valence-corrected chi connectivity index (χ1v) is 8.23. The fourth-order valence-corrected chi connectivity index (χ4v) is 4.09. The first-order chi connectivity index (χ1) is 10.0. The van der Waals surface area contributed by atoms with E-state index in [1.807, 2.05) is 0 Å². The number of carbonyl (C=O) groups excluding carboxylic acids is 1. The molecule has 0 spiro atoms. The summed E-state index contributed by atoms with van der Waals surface area (Å²) in [7, 11) is -2.51. The van der Waals surface area contributed by atoms with Crippen LogP contribution >= 0.6 is 0 Å². The molecule has 7 heteroatoms. The SMILES string of the molecule is COC(=O)c1ccccc1S(=O)(=O)N1CCC(CO)CC1. The summed E-state index contributed by atoms with van der Waals surface area (Å²) >= 11 is 0. The number of rotatable bonds is 4. The Bertz CT molecular complexity index is 606. The normalized spacial score (nSPS) is 17.6. The van der Waals surface area contributed by atoms with E-state index in [4.69, 9.17) is 5.11 Å². The van der Waals surface area contributed by atoms with E-state index >= 15 is 0 Å². The van der Waals surface area contributed by atoms with Gasteiger partial charge in [-0.05, 0) is 30.9 Å². The highest BCUT2D eigenvalue weighted by atomic mass is 32.2. The molecule has 116 valence electrons. The third-order valence-electron chi connectivity index (χ3n) is 3.74. The van der Waals surface area contributed by atoms with Gasteiger partial charge in [-0.1, -0.05) is 12.1 Å². The standard InChI is InChI=1S/C14H19NO5S/c1-20-14(17)12-4-2-3-5-13(12)21(18,19)15-8-6-11(10-16)7-9-15/h2-5,11,16H,6-10H2,1H3. The van der Waals surface area contributed by atoms with Gasteiger partial charge >= 0.3 is 5.97 Å². The maximum atomic E-state index is 12.7. The lowest BCUT2D eigenvalue weighted by atomic mass is 10.00. The van der Waals surface area contributed by atoms with E-state index in [1.165, 1.54) is 23.5 Å².